The minimum Gasteiger partial charge on any atom is -0.488 e. The van der Waals surface area contributed by atoms with Crippen LogP contribution in [0, 0.1) is 0 Å². The van der Waals surface area contributed by atoms with Crippen LogP contribution in [0.2, 0.25) is 0 Å². The van der Waals surface area contributed by atoms with Crippen LogP contribution in [0.25, 0.3) is 0 Å². The summed E-state index contributed by atoms with van der Waals surface area (Å²) in [7, 11) is 0. The second-order valence-corrected chi connectivity index (χ2v) is 7.85. The third kappa shape index (κ3) is 7.02. The minimum atomic E-state index is -0.131. The molecule has 1 rings (SSSR count). The highest BCUT2D eigenvalue weighted by Crippen LogP contribution is 2.32. The second-order valence-electron chi connectivity index (χ2n) is 7.85. The normalized spacial score (nSPS) is 17.2. The van der Waals surface area contributed by atoms with Gasteiger partial charge < -0.3 is 9.84 Å². The average Bonchev–Trinajstić information content (AvgIpc) is 2.63. The molecular weight excluding hydrogens is 336 g/mol. The summed E-state index contributed by atoms with van der Waals surface area (Å²) >= 11 is 0. The molecule has 1 N–H and O–H groups in total. The molecule has 0 aromatic heterocycles. The quantitative estimate of drug-likeness (QED) is 0.302. The summed E-state index contributed by atoms with van der Waals surface area (Å²) in [6.07, 6.45) is 12.7. The molecule has 0 spiro atoms. The van der Waals surface area contributed by atoms with Crippen LogP contribution in [0.1, 0.15) is 73.6 Å². The van der Waals surface area contributed by atoms with Gasteiger partial charge in [-0.1, -0.05) is 26.5 Å². The highest BCUT2D eigenvalue weighted by Gasteiger charge is 2.27. The number of rotatable bonds is 10. The van der Waals surface area contributed by atoms with E-state index in [1.165, 1.54) is 11.1 Å². The van der Waals surface area contributed by atoms with E-state index < -0.39 is 0 Å². The van der Waals surface area contributed by atoms with Crippen LogP contribution in [-0.2, 0) is 4.74 Å². The predicted octanol–water partition coefficient (Wildman–Crippen LogP) is 5.72. The zero-order valence-electron chi connectivity index (χ0n) is 18.1. The Morgan fingerprint density at radius 3 is 2.59 bits per heavy atom. The minimum absolute atomic E-state index is 0.0461. The zero-order chi connectivity index (χ0) is 20.4. The smallest absolute Gasteiger partial charge is 0.121 e. The fourth-order valence-corrected chi connectivity index (χ4v) is 3.07. The zero-order valence-corrected chi connectivity index (χ0v) is 18.1. The van der Waals surface area contributed by atoms with Crippen molar-refractivity contribution in [2.24, 2.45) is 5.10 Å². The van der Waals surface area contributed by atoms with Crippen molar-refractivity contribution < 1.29 is 9.84 Å². The molecule has 0 bridgehead atoms. The lowest BCUT2D eigenvalue weighted by Gasteiger charge is -2.38. The van der Waals surface area contributed by atoms with Crippen LogP contribution in [0.15, 0.2) is 52.5 Å². The van der Waals surface area contributed by atoms with Gasteiger partial charge in [-0.15, -0.1) is 0 Å². The van der Waals surface area contributed by atoms with Gasteiger partial charge in [-0.2, -0.15) is 5.10 Å². The molecule has 4 heteroatoms. The van der Waals surface area contributed by atoms with Gasteiger partial charge in [0.05, 0.1) is 24.1 Å². The number of allylic oxidation sites excluding steroid dienone is 5. The molecule has 0 aromatic carbocycles. The van der Waals surface area contributed by atoms with Gasteiger partial charge in [-0.05, 0) is 83.1 Å². The summed E-state index contributed by atoms with van der Waals surface area (Å²) in [5.74, 6) is 0.817. The van der Waals surface area contributed by atoms with Crippen molar-refractivity contribution >= 4 is 6.21 Å². The maximum absolute atomic E-state index is 9.26. The highest BCUT2D eigenvalue weighted by molar-refractivity contribution is 5.82. The summed E-state index contributed by atoms with van der Waals surface area (Å²) in [6.45, 7) is 16.9. The lowest BCUT2D eigenvalue weighted by molar-refractivity contribution is 0.0621. The van der Waals surface area contributed by atoms with Crippen molar-refractivity contribution in [3.05, 3.63) is 47.4 Å². The largest absolute Gasteiger partial charge is 0.488 e. The lowest BCUT2D eigenvalue weighted by atomic mass is 9.95. The predicted molar refractivity (Wildman–Crippen MR) is 116 cm³/mol. The molecule has 1 heterocycles. The van der Waals surface area contributed by atoms with Crippen LogP contribution < -0.4 is 0 Å². The van der Waals surface area contributed by atoms with Gasteiger partial charge in [0, 0.05) is 0 Å². The van der Waals surface area contributed by atoms with E-state index in [0.717, 1.165) is 43.6 Å². The number of aliphatic hydroxyl groups is 1. The molecule has 0 aliphatic carbocycles. The van der Waals surface area contributed by atoms with E-state index in [4.69, 9.17) is 4.74 Å². The van der Waals surface area contributed by atoms with E-state index in [-0.39, 0.29) is 18.2 Å². The van der Waals surface area contributed by atoms with Crippen LogP contribution in [0.5, 0.6) is 0 Å². The second kappa shape index (κ2) is 11.1. The third-order valence-corrected chi connectivity index (χ3v) is 4.65. The van der Waals surface area contributed by atoms with Crippen molar-refractivity contribution in [2.75, 3.05) is 6.61 Å². The van der Waals surface area contributed by atoms with Gasteiger partial charge in [0.1, 0.15) is 11.9 Å². The summed E-state index contributed by atoms with van der Waals surface area (Å²) in [4.78, 5) is 0. The molecule has 1 aliphatic heterocycles. The maximum Gasteiger partial charge on any atom is 0.121 e. The summed E-state index contributed by atoms with van der Waals surface area (Å²) in [5.41, 5.74) is 3.58. The Bertz CT molecular complexity index is 602. The summed E-state index contributed by atoms with van der Waals surface area (Å²) < 4.78 is 5.76. The molecule has 27 heavy (non-hydrogen) atoms. The van der Waals surface area contributed by atoms with Crippen LogP contribution in [0.4, 0.5) is 0 Å². The number of nitrogens with zero attached hydrogens (tertiary/aromatic N) is 2. The molecule has 0 fully saturated rings. The Morgan fingerprint density at radius 2 is 2.07 bits per heavy atom. The van der Waals surface area contributed by atoms with Crippen molar-refractivity contribution in [3.63, 3.8) is 0 Å². The Morgan fingerprint density at radius 1 is 1.37 bits per heavy atom. The van der Waals surface area contributed by atoms with E-state index in [0.29, 0.717) is 0 Å². The van der Waals surface area contributed by atoms with Crippen molar-refractivity contribution in [1.82, 2.24) is 5.01 Å². The molecule has 0 radical (unpaired) electrons. The van der Waals surface area contributed by atoms with Gasteiger partial charge in [-0.3, -0.25) is 5.01 Å². The third-order valence-electron chi connectivity index (χ3n) is 4.65. The molecule has 4 nitrogen and oxygen atoms in total. The molecule has 152 valence electrons. The van der Waals surface area contributed by atoms with E-state index in [1.807, 2.05) is 37.2 Å². The first-order chi connectivity index (χ1) is 12.8. The van der Waals surface area contributed by atoms with Crippen molar-refractivity contribution in [2.45, 2.75) is 85.3 Å². The molecule has 1 unspecified atom stereocenters. The number of hydrogen-bond acceptors (Lipinski definition) is 4. The molecular formula is C23H38N2O2. The maximum atomic E-state index is 9.26. The van der Waals surface area contributed by atoms with E-state index in [9.17, 15) is 5.11 Å². The first kappa shape index (κ1) is 23.2. The van der Waals surface area contributed by atoms with Gasteiger partial charge in [0.25, 0.3) is 0 Å². The van der Waals surface area contributed by atoms with Gasteiger partial charge >= 0.3 is 0 Å². The van der Waals surface area contributed by atoms with Crippen molar-refractivity contribution in [1.29, 1.82) is 0 Å². The average molecular weight is 375 g/mol. The fraction of sp³-hybridized carbons (Fsp3) is 0.609. The Labute approximate surface area is 166 Å². The van der Waals surface area contributed by atoms with E-state index >= 15 is 0 Å². The van der Waals surface area contributed by atoms with Gasteiger partial charge in [0.2, 0.25) is 0 Å². The fourth-order valence-electron chi connectivity index (χ4n) is 3.07. The first-order valence-electron chi connectivity index (χ1n) is 10.1. The SMILES string of the molecule is C=C1C(CC)=C(CCC/C=C\C(=C/C)OC(CC)CO)C=NN1C(C)(C)C. The summed E-state index contributed by atoms with van der Waals surface area (Å²) in [5, 5.41) is 15.9. The van der Waals surface area contributed by atoms with Crippen LogP contribution in [-0.4, -0.2) is 34.6 Å². The molecule has 0 saturated heterocycles. The Hall–Kier alpha value is -1.81. The molecule has 1 aliphatic rings. The van der Waals surface area contributed by atoms with Crippen LogP contribution >= 0.6 is 0 Å². The Kier molecular flexibility index (Phi) is 9.57. The van der Waals surface area contributed by atoms with Crippen LogP contribution in [0.3, 0.4) is 0 Å². The highest BCUT2D eigenvalue weighted by atomic mass is 16.5. The molecule has 0 saturated carbocycles. The molecule has 0 amide bonds. The van der Waals surface area contributed by atoms with E-state index in [1.54, 1.807) is 0 Å². The monoisotopic (exact) mass is 374 g/mol. The topological polar surface area (TPSA) is 45.1 Å². The van der Waals surface area contributed by atoms with Gasteiger partial charge in [-0.25, -0.2) is 0 Å². The van der Waals surface area contributed by atoms with Crippen molar-refractivity contribution in [3.8, 4) is 0 Å². The summed E-state index contributed by atoms with van der Waals surface area (Å²) in [6, 6.07) is 0. The first-order valence-corrected chi connectivity index (χ1v) is 10.1. The lowest BCUT2D eigenvalue weighted by Crippen LogP contribution is -2.38. The standard InChI is InChI=1S/C23H38N2O2/c1-8-20(27-21(9-2)17-26)15-13-11-12-14-19-16-24-25(23(5,6)7)18(4)22(19)10-3/h8,13,15-16,21,26H,4,9-12,14,17H2,1-3,5-7H3/b15-13-,20-8+. The van der Waals surface area contributed by atoms with Gasteiger partial charge in [0.15, 0.2) is 0 Å². The number of unbranched alkanes of at least 4 members (excludes halogenated alkanes) is 1. The number of ether oxygens (including phenoxy) is 1. The number of hydrogen-bond donors (Lipinski definition) is 1. The number of hydrazone groups is 1. The Balaban J connectivity index is 2.60. The van der Waals surface area contributed by atoms with E-state index in [2.05, 4.69) is 45.5 Å². The molecule has 0 aromatic rings. The number of aliphatic hydroxyl groups excluding tert-OH is 1. The molecule has 1 atom stereocenters.